The molecule has 11 nitrogen and oxygen atoms in total. The van der Waals surface area contributed by atoms with Gasteiger partial charge in [0.1, 0.15) is 0 Å². The molecule has 2 heterocycles. The third-order valence-corrected chi connectivity index (χ3v) is 7.77. The molecule has 0 bridgehead atoms. The Bertz CT molecular complexity index is 1530. The highest BCUT2D eigenvalue weighted by molar-refractivity contribution is 7.90. The Morgan fingerprint density at radius 1 is 1.18 bits per heavy atom. The van der Waals surface area contributed by atoms with Gasteiger partial charge in [-0.25, -0.2) is 14.3 Å². The van der Waals surface area contributed by atoms with Gasteiger partial charge < -0.3 is 19.4 Å². The second-order valence-electron chi connectivity index (χ2n) is 9.81. The predicted octanol–water partition coefficient (Wildman–Crippen LogP) is 2.28. The zero-order chi connectivity index (χ0) is 28.9. The van der Waals surface area contributed by atoms with Crippen LogP contribution in [-0.4, -0.2) is 71.6 Å². The van der Waals surface area contributed by atoms with Gasteiger partial charge in [-0.3, -0.25) is 9.62 Å². The highest BCUT2D eigenvalue weighted by Crippen LogP contribution is 2.29. The van der Waals surface area contributed by atoms with Crippen molar-refractivity contribution in [2.75, 3.05) is 52.0 Å². The van der Waals surface area contributed by atoms with Crippen LogP contribution in [0.15, 0.2) is 33.5 Å². The minimum Gasteiger partial charge on any atom is -0.422 e. The summed E-state index contributed by atoms with van der Waals surface area (Å²) in [5.41, 5.74) is 3.09. The third-order valence-electron chi connectivity index (χ3n) is 6.74. The van der Waals surface area contributed by atoms with E-state index in [1.807, 2.05) is 13.0 Å². The fourth-order valence-electron chi connectivity index (χ4n) is 4.67. The molecule has 0 atom stereocenters. The van der Waals surface area contributed by atoms with Crippen molar-refractivity contribution in [1.82, 2.24) is 19.8 Å². The number of benzene rings is 1. The van der Waals surface area contributed by atoms with Crippen LogP contribution in [0, 0.1) is 12.1 Å². The van der Waals surface area contributed by atoms with Crippen LogP contribution >= 0.6 is 0 Å². The molecule has 3 aromatic rings. The van der Waals surface area contributed by atoms with Crippen molar-refractivity contribution < 1.29 is 22.4 Å². The Kier molecular flexibility index (Phi) is 9.32. The number of nitrogens with zero attached hydrogens (tertiary/aromatic N) is 2. The molecule has 1 aliphatic heterocycles. The van der Waals surface area contributed by atoms with E-state index in [0.29, 0.717) is 29.6 Å². The molecule has 1 fully saturated rings. The first-order chi connectivity index (χ1) is 19.1. The molecule has 1 aliphatic rings. The number of amides is 1. The number of hydrogen-bond acceptors (Lipinski definition) is 8. The first kappa shape index (κ1) is 29.4. The lowest BCUT2D eigenvalue weighted by Gasteiger charge is -2.28. The van der Waals surface area contributed by atoms with Crippen molar-refractivity contribution in [2.45, 2.75) is 32.7 Å². The first-order valence-electron chi connectivity index (χ1n) is 13.2. The summed E-state index contributed by atoms with van der Waals surface area (Å²) in [6, 6.07) is 12.8. The molecule has 1 aromatic heterocycles. The van der Waals surface area contributed by atoms with E-state index in [9.17, 15) is 18.0 Å². The summed E-state index contributed by atoms with van der Waals surface area (Å²) in [5.74, 6) is 0.102. The van der Waals surface area contributed by atoms with Gasteiger partial charge in [0.15, 0.2) is 11.3 Å². The van der Waals surface area contributed by atoms with E-state index in [1.54, 1.807) is 26.2 Å². The number of anilines is 1. The van der Waals surface area contributed by atoms with Gasteiger partial charge in [0.25, 0.3) is 10.2 Å². The second kappa shape index (κ2) is 12.7. The van der Waals surface area contributed by atoms with E-state index < -0.39 is 21.9 Å². The molecule has 0 spiro atoms. The van der Waals surface area contributed by atoms with Crippen molar-refractivity contribution in [3.63, 3.8) is 0 Å². The van der Waals surface area contributed by atoms with Crippen molar-refractivity contribution in [2.24, 2.45) is 0 Å². The molecule has 214 valence electrons. The van der Waals surface area contributed by atoms with Crippen LogP contribution in [0.1, 0.15) is 35.6 Å². The maximum absolute atomic E-state index is 13.5. The number of rotatable bonds is 10. The lowest BCUT2D eigenvalue weighted by molar-refractivity contribution is 0.172. The minimum absolute atomic E-state index is 0.102. The number of carbonyl (C=O) groups excluding carboxylic acids is 1. The Morgan fingerprint density at radius 3 is 2.60 bits per heavy atom. The fourth-order valence-corrected chi connectivity index (χ4v) is 5.25. The topological polar surface area (TPSA) is 133 Å². The van der Waals surface area contributed by atoms with E-state index in [1.165, 1.54) is 18.0 Å². The van der Waals surface area contributed by atoms with Crippen molar-refractivity contribution >= 4 is 33.0 Å². The molecule has 0 radical (unpaired) electrons. The quantitative estimate of drug-likeness (QED) is 0.339. The molecule has 1 amide bonds. The van der Waals surface area contributed by atoms with Crippen LogP contribution in [-0.2, 0) is 29.6 Å². The highest BCUT2D eigenvalue weighted by atomic mass is 32.2. The van der Waals surface area contributed by atoms with Gasteiger partial charge in [-0.2, -0.15) is 8.42 Å². The maximum Gasteiger partial charge on any atom is 0.415 e. The smallest absolute Gasteiger partial charge is 0.415 e. The lowest BCUT2D eigenvalue weighted by atomic mass is 9.93. The van der Waals surface area contributed by atoms with Gasteiger partial charge in [-0.1, -0.05) is 31.5 Å². The Morgan fingerprint density at radius 2 is 1.93 bits per heavy atom. The Hall–Kier alpha value is -3.63. The van der Waals surface area contributed by atoms with Crippen LogP contribution in [0.4, 0.5) is 10.5 Å². The molecule has 40 heavy (non-hydrogen) atoms. The number of piperazine rings is 1. The van der Waals surface area contributed by atoms with Crippen molar-refractivity contribution in [1.29, 1.82) is 0 Å². The molecule has 4 rings (SSSR count). The molecule has 0 aliphatic carbocycles. The normalized spacial score (nSPS) is 14.1. The van der Waals surface area contributed by atoms with Crippen LogP contribution in [0.3, 0.4) is 0 Å². The molecular formula is C28H35N5O6S. The molecule has 3 N–H and O–H groups in total. The highest BCUT2D eigenvalue weighted by Gasteiger charge is 2.22. The number of nitrogens with one attached hydrogen (secondary N) is 3. The average molecular weight is 570 g/mol. The summed E-state index contributed by atoms with van der Waals surface area (Å²) in [4.78, 5) is 29.1. The van der Waals surface area contributed by atoms with Gasteiger partial charge in [-0.15, -0.1) is 0 Å². The van der Waals surface area contributed by atoms with Gasteiger partial charge >= 0.3 is 11.7 Å². The van der Waals surface area contributed by atoms with Gasteiger partial charge in [0.2, 0.25) is 0 Å². The average Bonchev–Trinajstić information content (AvgIpc) is 2.92. The zero-order valence-electron chi connectivity index (χ0n) is 23.2. The molecule has 12 heteroatoms. The molecule has 2 aromatic carbocycles. The van der Waals surface area contributed by atoms with Crippen LogP contribution in [0.2, 0.25) is 0 Å². The summed E-state index contributed by atoms with van der Waals surface area (Å²) >= 11 is 0. The van der Waals surface area contributed by atoms with E-state index in [2.05, 4.69) is 31.8 Å². The molecule has 0 unspecified atom stereocenters. The third kappa shape index (κ3) is 6.92. The van der Waals surface area contributed by atoms with Gasteiger partial charge in [0.05, 0.1) is 11.1 Å². The first-order valence-corrected chi connectivity index (χ1v) is 14.7. The van der Waals surface area contributed by atoms with Gasteiger partial charge in [0, 0.05) is 71.9 Å². The van der Waals surface area contributed by atoms with E-state index >= 15 is 0 Å². The standard InChI is InChI=1S/C28H35N5O6S/c1-5-7-21-19(8-6-9-25(21)31-40(36,37)29-2)16-23-24(18-33-14-12-30-13-15-33)22-11-10-20(38-28(35)32(3)4)17-26(22)39-27(23)34/h6,8-9,17,29-31H,5,7,12-16,18H2,1-4H3. The fraction of sp³-hybridized carbons (Fsp3) is 0.429. The van der Waals surface area contributed by atoms with E-state index in [4.69, 9.17) is 9.15 Å². The lowest BCUT2D eigenvalue weighted by Crippen LogP contribution is -2.43. The Balaban J connectivity index is 1.82. The van der Waals surface area contributed by atoms with Crippen molar-refractivity contribution in [3.8, 4) is 5.75 Å². The van der Waals surface area contributed by atoms with Crippen LogP contribution in [0.25, 0.3) is 11.0 Å². The number of carbonyl (C=O) groups is 1. The number of hydrogen-bond donors (Lipinski definition) is 3. The summed E-state index contributed by atoms with van der Waals surface area (Å²) in [5, 5.41) is 3.92. The zero-order valence-corrected chi connectivity index (χ0v) is 24.0. The monoisotopic (exact) mass is 569 g/mol. The van der Waals surface area contributed by atoms with E-state index in [-0.39, 0.29) is 17.8 Å². The summed E-state index contributed by atoms with van der Waals surface area (Å²) in [6.07, 6.45) is 1.06. The van der Waals surface area contributed by atoms with Gasteiger partial charge in [-0.05, 0) is 35.2 Å². The predicted molar refractivity (Wildman–Crippen MR) is 153 cm³/mol. The van der Waals surface area contributed by atoms with Crippen molar-refractivity contribution in [3.05, 3.63) is 69.1 Å². The maximum atomic E-state index is 13.5. The molecule has 1 saturated heterocycles. The number of fused-ring (bicyclic) bond motifs is 1. The Labute approximate surface area is 234 Å². The van der Waals surface area contributed by atoms with Crippen LogP contribution < -0.4 is 25.1 Å². The summed E-state index contributed by atoms with van der Waals surface area (Å²) in [7, 11) is 0.748. The number of ether oxygens (including phenoxy) is 1. The van der Waals surface area contributed by atoms with E-state index in [0.717, 1.165) is 49.3 Å². The van der Waals surface area contributed by atoms with Crippen LogP contribution in [0.5, 0.6) is 5.75 Å². The largest absolute Gasteiger partial charge is 0.422 e. The molecular weight excluding hydrogens is 534 g/mol. The SMILES string of the molecule is CCCc1c(Cc2c(CN3CCNCC3)c3c#cc(OC(=O)N(C)C)cc3oc2=O)cccc1NS(=O)(=O)NC. The minimum atomic E-state index is -3.73. The second-order valence-corrected chi connectivity index (χ2v) is 11.4. The molecule has 0 saturated carbocycles. The summed E-state index contributed by atoms with van der Waals surface area (Å²) < 4.78 is 40.4. The summed E-state index contributed by atoms with van der Waals surface area (Å²) in [6.45, 7) is 5.80.